The number of nitro benzene ring substituents is 1. The Morgan fingerprint density at radius 2 is 2.21 bits per heavy atom. The molecule has 0 aromatic heterocycles. The van der Waals surface area contributed by atoms with Crippen LogP contribution in [0.1, 0.15) is 0 Å². The van der Waals surface area contributed by atoms with Gasteiger partial charge >= 0.3 is 5.69 Å². The summed E-state index contributed by atoms with van der Waals surface area (Å²) in [5.74, 6) is 0.115. The van der Waals surface area contributed by atoms with E-state index in [-0.39, 0.29) is 16.3 Å². The lowest BCUT2D eigenvalue weighted by Gasteiger charge is -2.04. The summed E-state index contributed by atoms with van der Waals surface area (Å²) in [4.78, 5) is 10.1. The molecule has 2 N–H and O–H groups in total. The number of ether oxygens (including phenoxy) is 1. The molecule has 7 heteroatoms. The molecule has 76 valence electrons. The minimum absolute atomic E-state index is 0.115. The van der Waals surface area contributed by atoms with Crippen molar-refractivity contribution in [2.24, 2.45) is 5.14 Å². The van der Waals surface area contributed by atoms with Crippen LogP contribution in [0.15, 0.2) is 23.1 Å². The smallest absolute Gasteiger partial charge is 0.315 e. The van der Waals surface area contributed by atoms with Gasteiger partial charge in [0.05, 0.1) is 29.5 Å². The summed E-state index contributed by atoms with van der Waals surface area (Å²) in [7, 11) is 1.32. The van der Waals surface area contributed by atoms with Gasteiger partial charge in [0.2, 0.25) is 0 Å². The van der Waals surface area contributed by atoms with Crippen LogP contribution in [-0.2, 0) is 11.4 Å². The Bertz CT molecular complexity index is 356. The summed E-state index contributed by atoms with van der Waals surface area (Å²) in [6, 6.07) is 3.91. The van der Waals surface area contributed by atoms with Crippen LogP contribution < -0.4 is 9.88 Å². The molecule has 0 aliphatic heterocycles. The molecule has 0 aliphatic carbocycles. The number of nitrogens with zero attached hydrogens (tertiary/aromatic N) is 1. The highest BCUT2D eigenvalue weighted by Crippen LogP contribution is 2.28. The van der Waals surface area contributed by atoms with Crippen molar-refractivity contribution in [3.05, 3.63) is 28.3 Å². The zero-order valence-corrected chi connectivity index (χ0v) is 8.11. The molecule has 0 saturated carbocycles. The zero-order valence-electron chi connectivity index (χ0n) is 7.30. The van der Waals surface area contributed by atoms with Crippen molar-refractivity contribution in [3.63, 3.8) is 0 Å². The number of hydrogen-bond donors (Lipinski definition) is 1. The average Bonchev–Trinajstić information content (AvgIpc) is 2.16. The lowest BCUT2D eigenvalue weighted by Crippen LogP contribution is -2.12. The molecule has 0 bridgehead atoms. The van der Waals surface area contributed by atoms with E-state index in [0.29, 0.717) is 0 Å². The molecular formula is C7H8N2O4S. The van der Waals surface area contributed by atoms with E-state index in [1.165, 1.54) is 19.2 Å². The summed E-state index contributed by atoms with van der Waals surface area (Å²) >= 11 is -1.73. The Morgan fingerprint density at radius 1 is 1.57 bits per heavy atom. The summed E-state index contributed by atoms with van der Waals surface area (Å²) < 4.78 is 15.6. The van der Waals surface area contributed by atoms with Gasteiger partial charge in [-0.05, 0) is 12.1 Å². The van der Waals surface area contributed by atoms with Crippen molar-refractivity contribution in [1.29, 1.82) is 0 Å². The Morgan fingerprint density at radius 3 is 2.64 bits per heavy atom. The Balaban J connectivity index is 3.21. The maximum Gasteiger partial charge on any atom is 0.315 e. The fraction of sp³-hybridized carbons (Fsp3) is 0.143. The lowest BCUT2D eigenvalue weighted by atomic mass is 10.3. The number of rotatable bonds is 3. The summed E-state index contributed by atoms with van der Waals surface area (Å²) in [5, 5.41) is 15.6. The lowest BCUT2D eigenvalue weighted by molar-refractivity contribution is -0.386. The molecule has 14 heavy (non-hydrogen) atoms. The zero-order chi connectivity index (χ0) is 10.7. The van der Waals surface area contributed by atoms with E-state index in [1.807, 2.05) is 0 Å². The number of methoxy groups -OCH3 is 1. The average molecular weight is 216 g/mol. The first-order valence-electron chi connectivity index (χ1n) is 3.55. The van der Waals surface area contributed by atoms with E-state index in [2.05, 4.69) is 0 Å². The van der Waals surface area contributed by atoms with Crippen molar-refractivity contribution < 1.29 is 14.2 Å². The van der Waals surface area contributed by atoms with E-state index >= 15 is 0 Å². The van der Waals surface area contributed by atoms with E-state index in [9.17, 15) is 14.7 Å². The first-order valence-corrected chi connectivity index (χ1v) is 4.76. The van der Waals surface area contributed by atoms with Gasteiger partial charge in [-0.2, -0.15) is 0 Å². The van der Waals surface area contributed by atoms with Gasteiger partial charge in [0, 0.05) is 0 Å². The second-order valence-electron chi connectivity index (χ2n) is 2.39. The molecule has 1 atom stereocenters. The predicted octanol–water partition coefficient (Wildman–Crippen LogP) is 0.585. The summed E-state index contributed by atoms with van der Waals surface area (Å²) in [5.41, 5.74) is -0.246. The van der Waals surface area contributed by atoms with E-state index in [4.69, 9.17) is 9.88 Å². The SMILES string of the molecule is COc1ccc([S+](N)[O-])cc1[N+](=O)[O-]. The topological polar surface area (TPSA) is 101 Å². The van der Waals surface area contributed by atoms with Crippen molar-refractivity contribution in [1.82, 2.24) is 0 Å². The largest absolute Gasteiger partial charge is 0.593 e. The number of nitrogens with two attached hydrogens (primary N) is 1. The fourth-order valence-corrected chi connectivity index (χ4v) is 1.37. The first-order chi connectivity index (χ1) is 6.56. The van der Waals surface area contributed by atoms with Crippen LogP contribution in [-0.4, -0.2) is 16.6 Å². The molecule has 0 aliphatic rings. The second kappa shape index (κ2) is 4.27. The predicted molar refractivity (Wildman–Crippen MR) is 50.2 cm³/mol. The van der Waals surface area contributed by atoms with Crippen molar-refractivity contribution in [2.75, 3.05) is 7.11 Å². The molecule has 0 saturated heterocycles. The van der Waals surface area contributed by atoms with Crippen LogP contribution in [0.3, 0.4) is 0 Å². The van der Waals surface area contributed by atoms with Crippen molar-refractivity contribution >= 4 is 17.0 Å². The maximum atomic E-state index is 10.8. The van der Waals surface area contributed by atoms with E-state index in [1.54, 1.807) is 0 Å². The van der Waals surface area contributed by atoms with Crippen LogP contribution in [0.25, 0.3) is 0 Å². The molecule has 6 nitrogen and oxygen atoms in total. The molecule has 0 spiro atoms. The van der Waals surface area contributed by atoms with Crippen LogP contribution in [0.5, 0.6) is 5.75 Å². The van der Waals surface area contributed by atoms with Crippen molar-refractivity contribution in [2.45, 2.75) is 4.90 Å². The third-order valence-electron chi connectivity index (χ3n) is 1.58. The molecule has 0 heterocycles. The number of hydrogen-bond acceptors (Lipinski definition) is 5. The van der Waals surface area contributed by atoms with Gasteiger partial charge in [0.25, 0.3) is 0 Å². The molecule has 0 radical (unpaired) electrons. The van der Waals surface area contributed by atoms with Gasteiger partial charge in [-0.3, -0.25) is 10.1 Å². The van der Waals surface area contributed by atoms with Crippen LogP contribution in [0.4, 0.5) is 5.69 Å². The van der Waals surface area contributed by atoms with Gasteiger partial charge in [0.1, 0.15) is 0 Å². The minimum atomic E-state index is -1.73. The molecule has 0 fully saturated rings. The Labute approximate surface area is 83.1 Å². The maximum absolute atomic E-state index is 10.8. The highest BCUT2D eigenvalue weighted by atomic mass is 32.2. The summed E-state index contributed by atoms with van der Waals surface area (Å²) in [6.45, 7) is 0. The van der Waals surface area contributed by atoms with Crippen molar-refractivity contribution in [3.8, 4) is 5.75 Å². The third-order valence-corrected chi connectivity index (χ3v) is 2.30. The Kier molecular flexibility index (Phi) is 3.28. The van der Waals surface area contributed by atoms with E-state index < -0.39 is 16.3 Å². The van der Waals surface area contributed by atoms with Gasteiger partial charge in [0.15, 0.2) is 10.6 Å². The quantitative estimate of drug-likeness (QED) is 0.452. The fourth-order valence-electron chi connectivity index (χ4n) is 0.938. The molecule has 1 unspecified atom stereocenters. The highest BCUT2D eigenvalue weighted by molar-refractivity contribution is 7.89. The number of benzene rings is 1. The second-order valence-corrected chi connectivity index (χ2v) is 3.45. The van der Waals surface area contributed by atoms with Gasteiger partial charge in [-0.15, -0.1) is 5.14 Å². The summed E-state index contributed by atoms with van der Waals surface area (Å²) in [6.07, 6.45) is 0. The monoisotopic (exact) mass is 216 g/mol. The van der Waals surface area contributed by atoms with E-state index in [0.717, 1.165) is 6.07 Å². The van der Waals surface area contributed by atoms with Crippen LogP contribution >= 0.6 is 0 Å². The highest BCUT2D eigenvalue weighted by Gasteiger charge is 2.19. The van der Waals surface area contributed by atoms with Gasteiger partial charge < -0.3 is 9.29 Å². The molecular weight excluding hydrogens is 208 g/mol. The van der Waals surface area contributed by atoms with Crippen LogP contribution in [0.2, 0.25) is 0 Å². The normalized spacial score (nSPS) is 12.2. The molecule has 1 aromatic carbocycles. The molecule has 1 aromatic rings. The Hall–Kier alpha value is -1.31. The first kappa shape index (κ1) is 10.8. The minimum Gasteiger partial charge on any atom is -0.593 e. The van der Waals surface area contributed by atoms with Gasteiger partial charge in [-0.25, -0.2) is 0 Å². The van der Waals surface area contributed by atoms with Crippen LogP contribution in [0, 0.1) is 10.1 Å². The molecule has 0 amide bonds. The molecule has 1 rings (SSSR count). The third kappa shape index (κ3) is 2.13. The van der Waals surface area contributed by atoms with Gasteiger partial charge in [-0.1, -0.05) is 0 Å². The number of nitro groups is 1. The standard InChI is InChI=1S/C7H8N2O4S/c1-13-7-3-2-5(14(8)12)4-6(7)9(10)11/h2-4H,8H2,1H3.